The normalized spacial score (nSPS) is 11.6. The topological polar surface area (TPSA) is 89.4 Å². The molecule has 3 N–H and O–H groups in total. The van der Waals surface area contributed by atoms with Crippen LogP contribution in [0.2, 0.25) is 0 Å². The van der Waals surface area contributed by atoms with Gasteiger partial charge in [0, 0.05) is 68.3 Å². The van der Waals surface area contributed by atoms with Crippen molar-refractivity contribution in [2.24, 2.45) is 0 Å². The highest BCUT2D eigenvalue weighted by atomic mass is 16.5. The lowest BCUT2D eigenvalue weighted by Crippen LogP contribution is -2.26. The number of benzene rings is 3. The third-order valence-electron chi connectivity index (χ3n) is 6.97. The number of ether oxygens (including phenoxy) is 4. The summed E-state index contributed by atoms with van der Waals surface area (Å²) in [5.41, 5.74) is 5.52. The lowest BCUT2D eigenvalue weighted by atomic mass is 9.71. The zero-order chi connectivity index (χ0) is 27.5. The van der Waals surface area contributed by atoms with Crippen LogP contribution in [0.15, 0.2) is 54.6 Å². The minimum absolute atomic E-state index is 0.191. The molecule has 0 saturated heterocycles. The quantitative estimate of drug-likeness (QED) is 0.214. The molecule has 0 bridgehead atoms. The van der Waals surface area contributed by atoms with Crippen molar-refractivity contribution < 1.29 is 29.2 Å². The van der Waals surface area contributed by atoms with E-state index in [0.29, 0.717) is 22.3 Å². The van der Waals surface area contributed by atoms with Crippen molar-refractivity contribution >= 4 is 5.69 Å². The van der Waals surface area contributed by atoms with Gasteiger partial charge in [-0.2, -0.15) is 0 Å². The Morgan fingerprint density at radius 2 is 1.05 bits per heavy atom. The molecule has 0 fully saturated rings. The SMILES string of the molecule is COCc1cc(C(C)(CCCNc2ccccc2)c2cc(COC)c(O)c(COC)c2)cc(COC)c1O. The number of aromatic hydroxyl groups is 2. The van der Waals surface area contributed by atoms with Crippen LogP contribution < -0.4 is 5.32 Å². The smallest absolute Gasteiger partial charge is 0.126 e. The van der Waals surface area contributed by atoms with E-state index in [1.807, 2.05) is 42.5 Å². The Morgan fingerprint density at radius 3 is 1.42 bits per heavy atom. The molecule has 0 atom stereocenters. The lowest BCUT2D eigenvalue weighted by Gasteiger charge is -2.33. The highest BCUT2D eigenvalue weighted by molar-refractivity contribution is 5.52. The van der Waals surface area contributed by atoms with E-state index in [2.05, 4.69) is 24.4 Å². The molecule has 3 aromatic carbocycles. The number of hydrogen-bond donors (Lipinski definition) is 3. The number of rotatable bonds is 15. The fourth-order valence-corrected chi connectivity index (χ4v) is 4.91. The molecule has 0 unspecified atom stereocenters. The Bertz CT molecular complexity index is 1040. The van der Waals surface area contributed by atoms with Crippen LogP contribution in [0.3, 0.4) is 0 Å². The van der Waals surface area contributed by atoms with Crippen molar-refractivity contribution in [2.45, 2.75) is 51.6 Å². The number of methoxy groups -OCH3 is 4. The first-order valence-corrected chi connectivity index (χ1v) is 12.8. The molecule has 0 spiro atoms. The summed E-state index contributed by atoms with van der Waals surface area (Å²) in [5, 5.41) is 25.3. The molecule has 0 aliphatic rings. The van der Waals surface area contributed by atoms with E-state index in [9.17, 15) is 10.2 Å². The Hall–Kier alpha value is -3.10. The molecule has 0 aliphatic heterocycles. The second-order valence-corrected chi connectivity index (χ2v) is 9.75. The maximum Gasteiger partial charge on any atom is 0.126 e. The highest BCUT2D eigenvalue weighted by Gasteiger charge is 2.32. The van der Waals surface area contributed by atoms with Crippen LogP contribution in [0.25, 0.3) is 0 Å². The third-order valence-corrected chi connectivity index (χ3v) is 6.97. The van der Waals surface area contributed by atoms with E-state index in [4.69, 9.17) is 18.9 Å². The molecule has 0 aromatic heterocycles. The Kier molecular flexibility index (Phi) is 11.0. The maximum absolute atomic E-state index is 10.9. The van der Waals surface area contributed by atoms with Gasteiger partial charge in [0.2, 0.25) is 0 Å². The summed E-state index contributed by atoms with van der Waals surface area (Å²) >= 11 is 0. The zero-order valence-corrected chi connectivity index (χ0v) is 23.2. The van der Waals surface area contributed by atoms with Crippen LogP contribution in [-0.4, -0.2) is 45.2 Å². The van der Waals surface area contributed by atoms with E-state index >= 15 is 0 Å². The van der Waals surface area contributed by atoms with Gasteiger partial charge in [-0.15, -0.1) is 0 Å². The van der Waals surface area contributed by atoms with Crippen LogP contribution in [0.5, 0.6) is 11.5 Å². The van der Waals surface area contributed by atoms with Gasteiger partial charge >= 0.3 is 0 Å². The number of hydrogen-bond acceptors (Lipinski definition) is 7. The van der Waals surface area contributed by atoms with Crippen LogP contribution >= 0.6 is 0 Å². The number of phenolic OH excluding ortho intramolecular Hbond substituents is 2. The van der Waals surface area contributed by atoms with E-state index < -0.39 is 5.41 Å². The van der Waals surface area contributed by atoms with Gasteiger partial charge in [-0.25, -0.2) is 0 Å². The van der Waals surface area contributed by atoms with E-state index in [1.54, 1.807) is 28.4 Å². The van der Waals surface area contributed by atoms with Crippen LogP contribution in [0.1, 0.15) is 53.1 Å². The van der Waals surface area contributed by atoms with Gasteiger partial charge in [0.15, 0.2) is 0 Å². The van der Waals surface area contributed by atoms with Crippen molar-refractivity contribution in [3.8, 4) is 11.5 Å². The Labute approximate surface area is 226 Å². The monoisotopic (exact) mass is 523 g/mol. The van der Waals surface area contributed by atoms with Crippen molar-refractivity contribution in [3.63, 3.8) is 0 Å². The molecule has 3 rings (SSSR count). The molecular formula is C31H41NO6. The molecule has 0 radical (unpaired) electrons. The highest BCUT2D eigenvalue weighted by Crippen LogP contribution is 2.42. The predicted molar refractivity (Wildman–Crippen MR) is 150 cm³/mol. The summed E-state index contributed by atoms with van der Waals surface area (Å²) in [6.07, 6.45) is 1.69. The van der Waals surface area contributed by atoms with E-state index in [-0.39, 0.29) is 37.9 Å². The molecule has 0 aliphatic carbocycles. The van der Waals surface area contributed by atoms with Gasteiger partial charge in [-0.05, 0) is 60.4 Å². The second-order valence-electron chi connectivity index (χ2n) is 9.75. The standard InChI is InChI=1S/C31H41NO6/c1-31(12-9-13-32-28-10-7-6-8-11-28,26-14-22(18-35-2)29(33)23(15-26)19-36-3)27-16-24(20-37-4)30(34)25(17-27)21-38-5/h6-8,10-11,14-17,32-34H,9,12-13,18-21H2,1-5H3. The minimum atomic E-state index is -0.463. The average Bonchev–Trinajstić information content (AvgIpc) is 2.92. The molecule has 206 valence electrons. The molecule has 7 heteroatoms. The zero-order valence-electron chi connectivity index (χ0n) is 23.2. The molecule has 38 heavy (non-hydrogen) atoms. The molecule has 0 heterocycles. The summed E-state index contributed by atoms with van der Waals surface area (Å²) in [5.74, 6) is 0.382. The fourth-order valence-electron chi connectivity index (χ4n) is 4.91. The molecule has 0 saturated carbocycles. The van der Waals surface area contributed by atoms with Gasteiger partial charge in [0.05, 0.1) is 26.4 Å². The molecule has 0 amide bonds. The Morgan fingerprint density at radius 1 is 0.658 bits per heavy atom. The van der Waals surface area contributed by atoms with Gasteiger partial charge in [-0.1, -0.05) is 25.1 Å². The summed E-state index contributed by atoms with van der Waals surface area (Å²) < 4.78 is 21.6. The predicted octanol–water partition coefficient (Wildman–Crippen LogP) is 5.88. The first-order valence-electron chi connectivity index (χ1n) is 12.8. The molecule has 7 nitrogen and oxygen atoms in total. The van der Waals surface area contributed by atoms with Crippen molar-refractivity contribution in [1.82, 2.24) is 0 Å². The van der Waals surface area contributed by atoms with Crippen molar-refractivity contribution in [1.29, 1.82) is 0 Å². The summed E-state index contributed by atoms with van der Waals surface area (Å²) in [4.78, 5) is 0. The van der Waals surface area contributed by atoms with Crippen LogP contribution in [0, 0.1) is 0 Å². The second kappa shape index (κ2) is 14.2. The largest absolute Gasteiger partial charge is 0.507 e. The molecular weight excluding hydrogens is 482 g/mol. The lowest BCUT2D eigenvalue weighted by molar-refractivity contribution is 0.174. The fraction of sp³-hybridized carbons (Fsp3) is 0.419. The summed E-state index contributed by atoms with van der Waals surface area (Å²) in [6.45, 7) is 4.11. The Balaban J connectivity index is 2.10. The van der Waals surface area contributed by atoms with Crippen molar-refractivity contribution in [3.05, 3.63) is 88.0 Å². The van der Waals surface area contributed by atoms with Gasteiger partial charge < -0.3 is 34.5 Å². The van der Waals surface area contributed by atoms with Crippen LogP contribution in [0.4, 0.5) is 5.69 Å². The van der Waals surface area contributed by atoms with Crippen molar-refractivity contribution in [2.75, 3.05) is 40.3 Å². The van der Waals surface area contributed by atoms with Gasteiger partial charge in [-0.3, -0.25) is 0 Å². The van der Waals surface area contributed by atoms with Gasteiger partial charge in [0.1, 0.15) is 11.5 Å². The van der Waals surface area contributed by atoms with E-state index in [0.717, 1.165) is 36.2 Å². The van der Waals surface area contributed by atoms with Crippen LogP contribution in [-0.2, 0) is 50.8 Å². The number of anilines is 1. The third kappa shape index (κ3) is 7.05. The number of nitrogens with one attached hydrogen (secondary N) is 1. The first-order chi connectivity index (χ1) is 18.4. The minimum Gasteiger partial charge on any atom is -0.507 e. The first kappa shape index (κ1) is 29.5. The van der Waals surface area contributed by atoms with Gasteiger partial charge in [0.25, 0.3) is 0 Å². The van der Waals surface area contributed by atoms with E-state index in [1.165, 1.54) is 0 Å². The summed E-state index contributed by atoms with van der Waals surface area (Å²) in [6, 6.07) is 18.2. The summed E-state index contributed by atoms with van der Waals surface area (Å²) in [7, 11) is 6.46. The maximum atomic E-state index is 10.9. The number of para-hydroxylation sites is 1. The average molecular weight is 524 g/mol. The molecule has 3 aromatic rings. The number of phenols is 2.